The van der Waals surface area contributed by atoms with Crippen molar-refractivity contribution in [2.24, 2.45) is 0 Å². The van der Waals surface area contributed by atoms with E-state index in [1.807, 2.05) is 42.1 Å². The normalized spacial score (nSPS) is 11.0. The molecule has 0 unspecified atom stereocenters. The topological polar surface area (TPSA) is 52.2 Å². The van der Waals surface area contributed by atoms with Gasteiger partial charge >= 0.3 is 0 Å². The predicted molar refractivity (Wildman–Crippen MR) is 71.1 cm³/mol. The molecule has 96 valence electrons. The van der Waals surface area contributed by atoms with Gasteiger partial charge in [-0.25, -0.2) is 9.50 Å². The number of carbonyl (C=O) groups is 1. The van der Waals surface area contributed by atoms with E-state index in [4.69, 9.17) is 0 Å². The Hall–Kier alpha value is -2.43. The number of nitrogens with zero attached hydrogens (tertiary/aromatic N) is 4. The molecule has 3 rings (SSSR count). The first-order chi connectivity index (χ1) is 9.29. The average Bonchev–Trinajstić information content (AvgIpc) is 3.04. The van der Waals surface area contributed by atoms with Crippen molar-refractivity contribution < 1.29 is 4.79 Å². The van der Waals surface area contributed by atoms with Gasteiger partial charge in [-0.1, -0.05) is 6.07 Å². The number of rotatable bonds is 4. The summed E-state index contributed by atoms with van der Waals surface area (Å²) in [6, 6.07) is 5.69. The number of aryl methyl sites for hydroxylation is 1. The van der Waals surface area contributed by atoms with Gasteiger partial charge < -0.3 is 4.57 Å². The molecule has 0 aliphatic carbocycles. The summed E-state index contributed by atoms with van der Waals surface area (Å²) in [6.07, 6.45) is 7.37. The van der Waals surface area contributed by atoms with Crippen LogP contribution in [0.1, 0.15) is 23.1 Å². The summed E-state index contributed by atoms with van der Waals surface area (Å²) in [5.41, 5.74) is 1.48. The van der Waals surface area contributed by atoms with Gasteiger partial charge in [0, 0.05) is 25.1 Å². The van der Waals surface area contributed by atoms with Crippen LogP contribution in [0.2, 0.25) is 0 Å². The zero-order chi connectivity index (χ0) is 13.2. The number of carbonyl (C=O) groups excluding carboxylic acids is 1. The lowest BCUT2D eigenvalue weighted by atomic mass is 10.1. The number of imidazole rings is 1. The zero-order valence-electron chi connectivity index (χ0n) is 10.7. The van der Waals surface area contributed by atoms with Crippen LogP contribution in [-0.2, 0) is 13.0 Å². The van der Waals surface area contributed by atoms with Gasteiger partial charge in [0.2, 0.25) is 0 Å². The Kier molecular flexibility index (Phi) is 2.87. The molecule has 3 heterocycles. The van der Waals surface area contributed by atoms with Crippen LogP contribution in [0.5, 0.6) is 0 Å². The van der Waals surface area contributed by atoms with Gasteiger partial charge in [0.15, 0.2) is 5.78 Å². The van der Waals surface area contributed by atoms with Crippen LogP contribution in [0.3, 0.4) is 0 Å². The number of fused-ring (bicyclic) bond motifs is 1. The molecule has 5 heteroatoms. The molecule has 0 spiro atoms. The Morgan fingerprint density at radius 1 is 1.32 bits per heavy atom. The fraction of sp³-hybridized carbons (Fsp3) is 0.214. The summed E-state index contributed by atoms with van der Waals surface area (Å²) < 4.78 is 3.68. The molecule has 0 aliphatic heterocycles. The molecule has 0 bridgehead atoms. The predicted octanol–water partition coefficient (Wildman–Crippen LogP) is 1.98. The van der Waals surface area contributed by atoms with Crippen molar-refractivity contribution in [1.29, 1.82) is 0 Å². The summed E-state index contributed by atoms with van der Waals surface area (Å²) >= 11 is 0. The SMILES string of the molecule is CCn1ccnc1CC(=O)c1cnn2ccccc12. The second-order valence-electron chi connectivity index (χ2n) is 4.32. The second-order valence-corrected chi connectivity index (χ2v) is 4.32. The van der Waals surface area contributed by atoms with E-state index >= 15 is 0 Å². The number of pyridine rings is 1. The molecule has 0 saturated carbocycles. The number of hydrogen-bond acceptors (Lipinski definition) is 3. The second kappa shape index (κ2) is 4.68. The largest absolute Gasteiger partial charge is 0.335 e. The molecule has 0 atom stereocenters. The van der Waals surface area contributed by atoms with Crippen LogP contribution in [0, 0.1) is 0 Å². The third-order valence-electron chi connectivity index (χ3n) is 3.19. The lowest BCUT2D eigenvalue weighted by Gasteiger charge is -2.03. The maximum atomic E-state index is 12.3. The molecule has 0 aliphatic rings. The minimum absolute atomic E-state index is 0.0436. The first kappa shape index (κ1) is 11.6. The first-order valence-corrected chi connectivity index (χ1v) is 6.25. The number of ketones is 1. The van der Waals surface area contributed by atoms with Gasteiger partial charge in [0.05, 0.1) is 23.7 Å². The van der Waals surface area contributed by atoms with Crippen molar-refractivity contribution in [3.63, 3.8) is 0 Å². The molecule has 3 aromatic rings. The summed E-state index contributed by atoms with van der Waals surface area (Å²) in [7, 11) is 0. The van der Waals surface area contributed by atoms with E-state index in [0.717, 1.165) is 17.9 Å². The summed E-state index contributed by atoms with van der Waals surface area (Å²) in [6.45, 7) is 2.85. The highest BCUT2D eigenvalue weighted by Crippen LogP contribution is 2.13. The minimum atomic E-state index is 0.0436. The summed E-state index contributed by atoms with van der Waals surface area (Å²) in [5.74, 6) is 0.838. The molecule has 0 amide bonds. The molecule has 0 saturated heterocycles. The van der Waals surface area contributed by atoms with E-state index in [1.165, 1.54) is 0 Å². The maximum absolute atomic E-state index is 12.3. The Labute approximate surface area is 110 Å². The maximum Gasteiger partial charge on any atom is 0.174 e. The van der Waals surface area contributed by atoms with Crippen LogP contribution in [0.25, 0.3) is 5.52 Å². The third-order valence-corrected chi connectivity index (χ3v) is 3.19. The quantitative estimate of drug-likeness (QED) is 0.669. The standard InChI is InChI=1S/C14H14N4O/c1-2-17-8-6-15-14(17)9-13(19)11-10-16-18-7-4-3-5-12(11)18/h3-8,10H,2,9H2,1H3. The van der Waals surface area contributed by atoms with Gasteiger partial charge in [-0.3, -0.25) is 4.79 Å². The van der Waals surface area contributed by atoms with Crippen LogP contribution in [-0.4, -0.2) is 24.9 Å². The van der Waals surface area contributed by atoms with Crippen molar-refractivity contribution >= 4 is 11.3 Å². The lowest BCUT2D eigenvalue weighted by Crippen LogP contribution is -2.09. The molecule has 0 aromatic carbocycles. The van der Waals surface area contributed by atoms with E-state index in [2.05, 4.69) is 10.1 Å². The fourth-order valence-electron chi connectivity index (χ4n) is 2.18. The van der Waals surface area contributed by atoms with Crippen LogP contribution >= 0.6 is 0 Å². The Morgan fingerprint density at radius 2 is 2.21 bits per heavy atom. The number of aromatic nitrogens is 4. The van der Waals surface area contributed by atoms with Gasteiger partial charge in [-0.05, 0) is 19.1 Å². The highest BCUT2D eigenvalue weighted by atomic mass is 16.1. The Bertz CT molecular complexity index is 726. The van der Waals surface area contributed by atoms with Gasteiger partial charge in [0.1, 0.15) is 5.82 Å². The van der Waals surface area contributed by atoms with E-state index in [0.29, 0.717) is 12.0 Å². The van der Waals surface area contributed by atoms with Crippen molar-refractivity contribution in [1.82, 2.24) is 19.2 Å². The van der Waals surface area contributed by atoms with Crippen molar-refractivity contribution in [2.75, 3.05) is 0 Å². The molecule has 0 N–H and O–H groups in total. The van der Waals surface area contributed by atoms with E-state index < -0.39 is 0 Å². The average molecular weight is 254 g/mol. The fourth-order valence-corrected chi connectivity index (χ4v) is 2.18. The molecule has 19 heavy (non-hydrogen) atoms. The van der Waals surface area contributed by atoms with Crippen molar-refractivity contribution in [2.45, 2.75) is 19.9 Å². The lowest BCUT2D eigenvalue weighted by molar-refractivity contribution is 0.0991. The van der Waals surface area contributed by atoms with E-state index in [1.54, 1.807) is 16.9 Å². The van der Waals surface area contributed by atoms with E-state index in [-0.39, 0.29) is 5.78 Å². The van der Waals surface area contributed by atoms with Gasteiger partial charge in [-0.15, -0.1) is 0 Å². The first-order valence-electron chi connectivity index (χ1n) is 6.25. The monoisotopic (exact) mass is 254 g/mol. The zero-order valence-corrected chi connectivity index (χ0v) is 10.7. The number of hydrogen-bond donors (Lipinski definition) is 0. The molecular weight excluding hydrogens is 240 g/mol. The van der Waals surface area contributed by atoms with Crippen LogP contribution in [0.15, 0.2) is 43.0 Å². The molecular formula is C14H14N4O. The van der Waals surface area contributed by atoms with Crippen molar-refractivity contribution in [3.8, 4) is 0 Å². The van der Waals surface area contributed by atoms with Gasteiger partial charge in [-0.2, -0.15) is 5.10 Å². The van der Waals surface area contributed by atoms with Crippen LogP contribution < -0.4 is 0 Å². The smallest absolute Gasteiger partial charge is 0.174 e. The molecule has 0 fully saturated rings. The van der Waals surface area contributed by atoms with Crippen LogP contribution in [0.4, 0.5) is 0 Å². The highest BCUT2D eigenvalue weighted by Gasteiger charge is 2.15. The highest BCUT2D eigenvalue weighted by molar-refractivity contribution is 6.02. The summed E-state index contributed by atoms with van der Waals surface area (Å²) in [5, 5.41) is 4.18. The minimum Gasteiger partial charge on any atom is -0.335 e. The summed E-state index contributed by atoms with van der Waals surface area (Å²) in [4.78, 5) is 16.6. The molecule has 5 nitrogen and oxygen atoms in total. The number of Topliss-reactive ketones (excluding diaryl/α,β-unsaturated/α-hetero) is 1. The van der Waals surface area contributed by atoms with Crippen molar-refractivity contribution in [3.05, 3.63) is 54.4 Å². The molecule has 0 radical (unpaired) electrons. The third kappa shape index (κ3) is 2.03. The van der Waals surface area contributed by atoms with Gasteiger partial charge in [0.25, 0.3) is 0 Å². The Morgan fingerprint density at radius 3 is 3.05 bits per heavy atom. The molecule has 3 aromatic heterocycles. The Balaban J connectivity index is 1.92. The van der Waals surface area contributed by atoms with E-state index in [9.17, 15) is 4.79 Å².